The molecule has 30 heavy (non-hydrogen) atoms. The number of amides is 3. The van der Waals surface area contributed by atoms with Crippen molar-refractivity contribution >= 4 is 23.4 Å². The predicted octanol–water partition coefficient (Wildman–Crippen LogP) is 1.65. The van der Waals surface area contributed by atoms with Crippen LogP contribution in [0.5, 0.6) is 0 Å². The van der Waals surface area contributed by atoms with Crippen LogP contribution in [0.2, 0.25) is 0 Å². The van der Waals surface area contributed by atoms with Gasteiger partial charge in [-0.05, 0) is 31.4 Å². The minimum Gasteiger partial charge on any atom is -0.395 e. The van der Waals surface area contributed by atoms with Crippen molar-refractivity contribution in [2.24, 2.45) is 11.8 Å². The number of nitrogens with one attached hydrogen (secondary N) is 1. The molecule has 2 aliphatic heterocycles. The molecule has 1 saturated carbocycles. The van der Waals surface area contributed by atoms with E-state index in [2.05, 4.69) is 5.32 Å². The number of β-amino-alcohol motifs (C(OH)–C–C–N with tert-alkyl or cyclic N) is 1. The van der Waals surface area contributed by atoms with E-state index in [0.717, 1.165) is 43.4 Å². The number of aliphatic hydroxyl groups excluding tert-OH is 1. The van der Waals surface area contributed by atoms with Crippen molar-refractivity contribution in [3.63, 3.8) is 0 Å². The van der Waals surface area contributed by atoms with E-state index < -0.39 is 17.4 Å². The number of para-hydroxylation sites is 1. The van der Waals surface area contributed by atoms with Crippen LogP contribution in [-0.2, 0) is 14.4 Å². The fraction of sp³-hybridized carbons (Fsp3) is 0.609. The van der Waals surface area contributed by atoms with Gasteiger partial charge in [0.1, 0.15) is 5.54 Å². The zero-order valence-electron chi connectivity index (χ0n) is 17.8. The van der Waals surface area contributed by atoms with Gasteiger partial charge in [-0.25, -0.2) is 0 Å². The van der Waals surface area contributed by atoms with E-state index in [9.17, 15) is 19.5 Å². The van der Waals surface area contributed by atoms with Crippen molar-refractivity contribution in [1.82, 2.24) is 10.2 Å². The average Bonchev–Trinajstić information content (AvgIpc) is 3.10. The Hall–Kier alpha value is -2.41. The highest BCUT2D eigenvalue weighted by Crippen LogP contribution is 2.53. The van der Waals surface area contributed by atoms with Crippen LogP contribution in [0, 0.1) is 11.8 Å². The normalized spacial score (nSPS) is 28.8. The summed E-state index contributed by atoms with van der Waals surface area (Å²) in [5.74, 6) is -1.36. The lowest BCUT2D eigenvalue weighted by Gasteiger charge is -2.47. The Balaban J connectivity index is 1.83. The summed E-state index contributed by atoms with van der Waals surface area (Å²) < 4.78 is 0. The Kier molecular flexibility index (Phi) is 5.57. The van der Waals surface area contributed by atoms with E-state index in [4.69, 9.17) is 0 Å². The van der Waals surface area contributed by atoms with Crippen molar-refractivity contribution in [2.75, 3.05) is 31.6 Å². The van der Waals surface area contributed by atoms with Crippen LogP contribution in [0.1, 0.15) is 50.5 Å². The molecular formula is C23H31N3O4. The molecule has 162 valence electrons. The summed E-state index contributed by atoms with van der Waals surface area (Å²) in [6, 6.07) is 7.56. The van der Waals surface area contributed by atoms with Gasteiger partial charge in [0.05, 0.1) is 12.5 Å². The molecule has 1 aromatic carbocycles. The first kappa shape index (κ1) is 20.8. The van der Waals surface area contributed by atoms with Crippen molar-refractivity contribution in [3.8, 4) is 0 Å². The number of likely N-dealkylation sites (tertiary alicyclic amines) is 1. The molecule has 0 bridgehead atoms. The molecule has 0 unspecified atom stereocenters. The van der Waals surface area contributed by atoms with Crippen molar-refractivity contribution < 1.29 is 19.5 Å². The molecule has 1 saturated heterocycles. The van der Waals surface area contributed by atoms with E-state index in [1.807, 2.05) is 31.2 Å². The van der Waals surface area contributed by atoms with Crippen LogP contribution in [0.25, 0.3) is 0 Å². The van der Waals surface area contributed by atoms with Gasteiger partial charge < -0.3 is 20.2 Å². The molecule has 2 fully saturated rings. The maximum Gasteiger partial charge on any atom is 0.253 e. The standard InChI is InChI=1S/C23H31N3O4/c1-23-19(16-10-6-7-11-18(16)25(12-13-27)22(23)30)17(20(28)24-2)14-26(23)21(29)15-8-4-3-5-9-15/h6-7,10-11,15,17,19,27H,3-5,8-9,12-14H2,1-2H3,(H,24,28)/t17-,19+,23-/m0/s1. The number of aliphatic hydroxyl groups is 1. The second-order valence-electron chi connectivity index (χ2n) is 8.87. The first-order chi connectivity index (χ1) is 14.4. The van der Waals surface area contributed by atoms with E-state index in [1.165, 1.54) is 0 Å². The maximum absolute atomic E-state index is 13.8. The maximum atomic E-state index is 13.8. The van der Waals surface area contributed by atoms with Gasteiger partial charge in [-0.2, -0.15) is 0 Å². The fourth-order valence-electron chi connectivity index (χ4n) is 5.83. The number of hydrogen-bond acceptors (Lipinski definition) is 4. The SMILES string of the molecule is CNC(=O)[C@H]1CN(C(=O)C2CCCCC2)[C@]2(C)C(=O)N(CCO)c3ccccc3[C@H]12. The van der Waals surface area contributed by atoms with Gasteiger partial charge in [-0.1, -0.05) is 37.5 Å². The molecule has 2 heterocycles. The highest BCUT2D eigenvalue weighted by atomic mass is 16.3. The molecule has 3 aliphatic rings. The number of benzene rings is 1. The molecule has 1 aliphatic carbocycles. The Morgan fingerprint density at radius 1 is 1.20 bits per heavy atom. The minimum absolute atomic E-state index is 0.00900. The van der Waals surface area contributed by atoms with Gasteiger partial charge in [0.15, 0.2) is 0 Å². The van der Waals surface area contributed by atoms with Crippen LogP contribution in [0.15, 0.2) is 24.3 Å². The number of carbonyl (C=O) groups is 3. The average molecular weight is 414 g/mol. The third-order valence-electron chi connectivity index (χ3n) is 7.32. The van der Waals surface area contributed by atoms with E-state index in [1.54, 1.807) is 16.8 Å². The Morgan fingerprint density at radius 3 is 2.57 bits per heavy atom. The third kappa shape index (κ3) is 3.02. The van der Waals surface area contributed by atoms with E-state index in [0.29, 0.717) is 0 Å². The van der Waals surface area contributed by atoms with E-state index in [-0.39, 0.29) is 43.3 Å². The zero-order chi connectivity index (χ0) is 21.5. The quantitative estimate of drug-likeness (QED) is 0.786. The highest BCUT2D eigenvalue weighted by Gasteiger charge is 2.63. The lowest BCUT2D eigenvalue weighted by molar-refractivity contribution is -0.147. The van der Waals surface area contributed by atoms with Crippen molar-refractivity contribution in [1.29, 1.82) is 0 Å². The number of anilines is 1. The summed E-state index contributed by atoms with van der Waals surface area (Å²) >= 11 is 0. The molecule has 2 N–H and O–H groups in total. The molecule has 7 heteroatoms. The van der Waals surface area contributed by atoms with Gasteiger partial charge >= 0.3 is 0 Å². The number of fused-ring (bicyclic) bond motifs is 3. The summed E-state index contributed by atoms with van der Waals surface area (Å²) in [6.07, 6.45) is 4.87. The largest absolute Gasteiger partial charge is 0.395 e. The summed E-state index contributed by atoms with van der Waals surface area (Å²) in [4.78, 5) is 43.6. The van der Waals surface area contributed by atoms with Crippen molar-refractivity contribution in [3.05, 3.63) is 29.8 Å². The Labute approximate surface area is 177 Å². The predicted molar refractivity (Wildman–Crippen MR) is 113 cm³/mol. The Bertz CT molecular complexity index is 851. The van der Waals surface area contributed by atoms with Gasteiger partial charge in [0.25, 0.3) is 5.91 Å². The van der Waals surface area contributed by atoms with Gasteiger partial charge in [0.2, 0.25) is 11.8 Å². The molecule has 3 amide bonds. The van der Waals surface area contributed by atoms with Crippen LogP contribution in [0.3, 0.4) is 0 Å². The summed E-state index contributed by atoms with van der Waals surface area (Å²) in [7, 11) is 1.60. The van der Waals surface area contributed by atoms with Gasteiger partial charge in [-0.3, -0.25) is 14.4 Å². The van der Waals surface area contributed by atoms with Crippen LogP contribution in [-0.4, -0.2) is 60.0 Å². The van der Waals surface area contributed by atoms with Crippen LogP contribution >= 0.6 is 0 Å². The lowest BCUT2D eigenvalue weighted by atomic mass is 9.71. The summed E-state index contributed by atoms with van der Waals surface area (Å²) in [6.45, 7) is 2.04. The fourth-order valence-corrected chi connectivity index (χ4v) is 5.83. The lowest BCUT2D eigenvalue weighted by Crippen LogP contribution is -2.62. The Morgan fingerprint density at radius 2 is 1.90 bits per heavy atom. The number of rotatable bonds is 4. The number of nitrogens with zero attached hydrogens (tertiary/aromatic N) is 2. The molecule has 0 radical (unpaired) electrons. The third-order valence-corrected chi connectivity index (χ3v) is 7.32. The molecule has 0 aromatic heterocycles. The first-order valence-corrected chi connectivity index (χ1v) is 11.0. The smallest absolute Gasteiger partial charge is 0.253 e. The van der Waals surface area contributed by atoms with Crippen molar-refractivity contribution in [2.45, 2.75) is 50.5 Å². The molecule has 1 aromatic rings. The number of carbonyl (C=O) groups excluding carboxylic acids is 3. The molecule has 3 atom stereocenters. The highest BCUT2D eigenvalue weighted by molar-refractivity contribution is 6.07. The van der Waals surface area contributed by atoms with Gasteiger partial charge in [-0.15, -0.1) is 0 Å². The molecule has 0 spiro atoms. The van der Waals surface area contributed by atoms with Crippen LogP contribution < -0.4 is 10.2 Å². The topological polar surface area (TPSA) is 90.0 Å². The molecule has 4 rings (SSSR count). The molecule has 7 nitrogen and oxygen atoms in total. The summed E-state index contributed by atoms with van der Waals surface area (Å²) in [5, 5.41) is 12.3. The first-order valence-electron chi connectivity index (χ1n) is 11.0. The van der Waals surface area contributed by atoms with E-state index >= 15 is 0 Å². The zero-order valence-corrected chi connectivity index (χ0v) is 17.8. The second kappa shape index (κ2) is 8.02. The van der Waals surface area contributed by atoms with Gasteiger partial charge in [0, 0.05) is 37.7 Å². The number of hydrogen-bond donors (Lipinski definition) is 2. The van der Waals surface area contributed by atoms with Crippen LogP contribution in [0.4, 0.5) is 5.69 Å². The molecular weight excluding hydrogens is 382 g/mol. The minimum atomic E-state index is -1.14. The second-order valence-corrected chi connectivity index (χ2v) is 8.87. The summed E-state index contributed by atoms with van der Waals surface area (Å²) in [5.41, 5.74) is 0.468. The monoisotopic (exact) mass is 413 g/mol.